The summed E-state index contributed by atoms with van der Waals surface area (Å²) in [5.41, 5.74) is 2.07. The maximum Gasteiger partial charge on any atom is 0.328 e. The monoisotopic (exact) mass is 300 g/mol. The van der Waals surface area contributed by atoms with E-state index < -0.39 is 5.97 Å². The van der Waals surface area contributed by atoms with Gasteiger partial charge in [-0.25, -0.2) is 4.79 Å². The highest BCUT2D eigenvalue weighted by Crippen LogP contribution is 2.11. The molecule has 1 rings (SSSR count). The van der Waals surface area contributed by atoms with Gasteiger partial charge in [0.15, 0.2) is 0 Å². The van der Waals surface area contributed by atoms with Gasteiger partial charge in [0.25, 0.3) is 0 Å². The molecule has 0 unspecified atom stereocenters. The Morgan fingerprint density at radius 2 is 1.45 bits per heavy atom. The summed E-state index contributed by atoms with van der Waals surface area (Å²) in [6, 6.07) is 7.91. The molecule has 0 aliphatic heterocycles. The van der Waals surface area contributed by atoms with Crippen LogP contribution in [-0.4, -0.2) is 11.1 Å². The molecule has 0 radical (unpaired) electrons. The second-order valence-corrected chi connectivity index (χ2v) is 5.65. The van der Waals surface area contributed by atoms with Gasteiger partial charge in [-0.3, -0.25) is 0 Å². The maximum atomic E-state index is 10.4. The van der Waals surface area contributed by atoms with Gasteiger partial charge in [0.2, 0.25) is 0 Å². The number of rotatable bonds is 11. The van der Waals surface area contributed by atoms with E-state index in [9.17, 15) is 4.79 Å². The van der Waals surface area contributed by atoms with Gasteiger partial charge in [-0.1, -0.05) is 81.9 Å². The van der Waals surface area contributed by atoms with Gasteiger partial charge in [-0.05, 0) is 30.0 Å². The van der Waals surface area contributed by atoms with Crippen molar-refractivity contribution in [2.45, 2.75) is 58.3 Å². The Balaban J connectivity index is 2.19. The first-order valence-corrected chi connectivity index (χ1v) is 8.40. The molecule has 0 aromatic heterocycles. The summed E-state index contributed by atoms with van der Waals surface area (Å²) < 4.78 is 0. The molecule has 2 heteroatoms. The molecule has 1 aromatic carbocycles. The lowest BCUT2D eigenvalue weighted by Crippen LogP contribution is -1.85. The van der Waals surface area contributed by atoms with Crippen LogP contribution in [0.25, 0.3) is 12.2 Å². The minimum Gasteiger partial charge on any atom is -0.478 e. The number of hydrogen-bond acceptors (Lipinski definition) is 1. The predicted octanol–water partition coefficient (Wildman–Crippen LogP) is 5.94. The Kier molecular flexibility index (Phi) is 9.76. The van der Waals surface area contributed by atoms with E-state index in [1.165, 1.54) is 44.9 Å². The number of carboxylic acid groups (broad SMARTS) is 1. The SMILES string of the molecule is CCCCCCCCCC=Cc1ccc(/C=C/C(=O)O)cc1. The van der Waals surface area contributed by atoms with E-state index in [2.05, 4.69) is 19.1 Å². The van der Waals surface area contributed by atoms with Crippen molar-refractivity contribution in [1.29, 1.82) is 0 Å². The Hall–Kier alpha value is -1.83. The Morgan fingerprint density at radius 1 is 0.909 bits per heavy atom. The average molecular weight is 300 g/mol. The molecular formula is C20H28O2. The zero-order valence-electron chi connectivity index (χ0n) is 13.6. The second kappa shape index (κ2) is 11.8. The summed E-state index contributed by atoms with van der Waals surface area (Å²) >= 11 is 0. The zero-order valence-corrected chi connectivity index (χ0v) is 13.6. The summed E-state index contributed by atoms with van der Waals surface area (Å²) in [5.74, 6) is -0.918. The fourth-order valence-electron chi connectivity index (χ4n) is 2.32. The fourth-order valence-corrected chi connectivity index (χ4v) is 2.32. The van der Waals surface area contributed by atoms with Crippen molar-refractivity contribution in [3.05, 3.63) is 47.5 Å². The first-order valence-electron chi connectivity index (χ1n) is 8.40. The standard InChI is InChI=1S/C20H28O2/c1-2-3-4-5-6-7-8-9-10-11-18-12-14-19(15-13-18)16-17-20(21)22/h10-17H,2-9H2,1H3,(H,21,22)/b11-10?,17-16+. The average Bonchev–Trinajstić information content (AvgIpc) is 2.52. The van der Waals surface area contributed by atoms with E-state index in [1.54, 1.807) is 6.08 Å². The molecule has 0 aliphatic carbocycles. The van der Waals surface area contributed by atoms with Crippen LogP contribution in [0.15, 0.2) is 36.4 Å². The first-order chi connectivity index (χ1) is 10.7. The van der Waals surface area contributed by atoms with E-state index in [1.807, 2.05) is 24.3 Å². The van der Waals surface area contributed by atoms with Crippen LogP contribution in [-0.2, 0) is 4.79 Å². The molecule has 22 heavy (non-hydrogen) atoms. The van der Waals surface area contributed by atoms with Crippen molar-refractivity contribution < 1.29 is 9.90 Å². The van der Waals surface area contributed by atoms with Crippen LogP contribution in [0.5, 0.6) is 0 Å². The van der Waals surface area contributed by atoms with Crippen molar-refractivity contribution in [3.8, 4) is 0 Å². The fraction of sp³-hybridized carbons (Fsp3) is 0.450. The summed E-state index contributed by atoms with van der Waals surface area (Å²) in [7, 11) is 0. The van der Waals surface area contributed by atoms with Crippen LogP contribution in [0.2, 0.25) is 0 Å². The Labute approximate surface area is 134 Å². The largest absolute Gasteiger partial charge is 0.478 e. The van der Waals surface area contributed by atoms with E-state index >= 15 is 0 Å². The Bertz CT molecular complexity index is 469. The molecule has 0 fully saturated rings. The molecule has 0 saturated heterocycles. The molecule has 0 aliphatic rings. The van der Waals surface area contributed by atoms with E-state index in [0.29, 0.717) is 0 Å². The number of hydrogen-bond donors (Lipinski definition) is 1. The molecule has 2 nitrogen and oxygen atoms in total. The second-order valence-electron chi connectivity index (χ2n) is 5.65. The van der Waals surface area contributed by atoms with Gasteiger partial charge < -0.3 is 5.11 Å². The minimum absolute atomic E-state index is 0.909. The molecule has 0 saturated carbocycles. The summed E-state index contributed by atoms with van der Waals surface area (Å²) in [4.78, 5) is 10.4. The van der Waals surface area contributed by atoms with Crippen LogP contribution < -0.4 is 0 Å². The lowest BCUT2D eigenvalue weighted by atomic mass is 10.1. The normalized spacial score (nSPS) is 11.5. The zero-order chi connectivity index (χ0) is 16.0. The van der Waals surface area contributed by atoms with Crippen molar-refractivity contribution >= 4 is 18.1 Å². The summed E-state index contributed by atoms with van der Waals surface area (Å²) in [6.07, 6.45) is 17.7. The van der Waals surface area contributed by atoms with Crippen molar-refractivity contribution in [2.75, 3.05) is 0 Å². The number of aliphatic carboxylic acids is 1. The van der Waals surface area contributed by atoms with Crippen molar-refractivity contribution in [2.24, 2.45) is 0 Å². The summed E-state index contributed by atoms with van der Waals surface area (Å²) in [6.45, 7) is 2.25. The quantitative estimate of drug-likeness (QED) is 0.405. The molecular weight excluding hydrogens is 272 g/mol. The molecule has 0 bridgehead atoms. The first kappa shape index (κ1) is 18.2. The van der Waals surface area contributed by atoms with Crippen molar-refractivity contribution in [1.82, 2.24) is 0 Å². The van der Waals surface area contributed by atoms with Gasteiger partial charge in [-0.15, -0.1) is 0 Å². The lowest BCUT2D eigenvalue weighted by Gasteiger charge is -1.99. The molecule has 0 heterocycles. The molecule has 120 valence electrons. The van der Waals surface area contributed by atoms with Crippen LogP contribution >= 0.6 is 0 Å². The van der Waals surface area contributed by atoms with Crippen LogP contribution in [0.1, 0.15) is 69.4 Å². The third kappa shape index (κ3) is 9.17. The number of unbranched alkanes of at least 4 members (excludes halogenated alkanes) is 7. The van der Waals surface area contributed by atoms with Gasteiger partial charge in [-0.2, -0.15) is 0 Å². The molecule has 0 atom stereocenters. The molecule has 0 spiro atoms. The van der Waals surface area contributed by atoms with Gasteiger partial charge in [0.1, 0.15) is 0 Å². The highest BCUT2D eigenvalue weighted by Gasteiger charge is 1.92. The van der Waals surface area contributed by atoms with Crippen LogP contribution in [0.4, 0.5) is 0 Å². The highest BCUT2D eigenvalue weighted by molar-refractivity contribution is 5.85. The van der Waals surface area contributed by atoms with Gasteiger partial charge in [0, 0.05) is 6.08 Å². The van der Waals surface area contributed by atoms with Gasteiger partial charge in [0.05, 0.1) is 0 Å². The molecule has 1 aromatic rings. The van der Waals surface area contributed by atoms with Crippen LogP contribution in [0, 0.1) is 0 Å². The molecule has 1 N–H and O–H groups in total. The third-order valence-corrected chi connectivity index (χ3v) is 3.64. The smallest absolute Gasteiger partial charge is 0.328 e. The Morgan fingerprint density at radius 3 is 2.05 bits per heavy atom. The van der Waals surface area contributed by atoms with E-state index in [-0.39, 0.29) is 0 Å². The lowest BCUT2D eigenvalue weighted by molar-refractivity contribution is -0.131. The number of benzene rings is 1. The van der Waals surface area contributed by atoms with Gasteiger partial charge >= 0.3 is 5.97 Å². The maximum absolute atomic E-state index is 10.4. The number of carboxylic acids is 1. The molecule has 0 amide bonds. The van der Waals surface area contributed by atoms with E-state index in [0.717, 1.165) is 23.6 Å². The number of carbonyl (C=O) groups is 1. The highest BCUT2D eigenvalue weighted by atomic mass is 16.4. The summed E-state index contributed by atoms with van der Waals surface area (Å²) in [5, 5.41) is 8.58. The topological polar surface area (TPSA) is 37.3 Å². The third-order valence-electron chi connectivity index (χ3n) is 3.64. The minimum atomic E-state index is -0.918. The van der Waals surface area contributed by atoms with Crippen molar-refractivity contribution in [3.63, 3.8) is 0 Å². The van der Waals surface area contributed by atoms with E-state index in [4.69, 9.17) is 5.11 Å². The predicted molar refractivity (Wildman–Crippen MR) is 94.8 cm³/mol. The van der Waals surface area contributed by atoms with Crippen LogP contribution in [0.3, 0.4) is 0 Å². The number of allylic oxidation sites excluding steroid dienone is 1.